The quantitative estimate of drug-likeness (QED) is 0.591. The summed E-state index contributed by atoms with van der Waals surface area (Å²) < 4.78 is 5.10. The van der Waals surface area contributed by atoms with Gasteiger partial charge in [-0.3, -0.25) is 4.79 Å². The highest BCUT2D eigenvalue weighted by atomic mass is 16.5. The van der Waals surface area contributed by atoms with Gasteiger partial charge in [-0.2, -0.15) is 0 Å². The number of hydrogen-bond donors (Lipinski definition) is 2. The molecule has 14 heavy (non-hydrogen) atoms. The first kappa shape index (κ1) is 10.6. The molecule has 0 radical (unpaired) electrons. The second kappa shape index (κ2) is 5.25. The van der Waals surface area contributed by atoms with Crippen molar-refractivity contribution >= 4 is 5.91 Å². The first-order valence-electron chi connectivity index (χ1n) is 4.12. The summed E-state index contributed by atoms with van der Waals surface area (Å²) >= 11 is 0. The molecule has 0 spiro atoms. The van der Waals surface area contributed by atoms with E-state index >= 15 is 0 Å². The fourth-order valence-electron chi connectivity index (χ4n) is 0.803. The molecule has 4 N–H and O–H groups in total. The summed E-state index contributed by atoms with van der Waals surface area (Å²) in [6.45, 7) is 1.20. The number of carbonyl (C=O) groups excluding carboxylic acids is 1. The summed E-state index contributed by atoms with van der Waals surface area (Å²) in [5.74, 6) is -0.0390. The van der Waals surface area contributed by atoms with Crippen LogP contribution >= 0.6 is 0 Å². The predicted molar refractivity (Wildman–Crippen MR) is 49.3 cm³/mol. The SMILES string of the molecule is NCCOCc1ncc(C(N)=O)cn1. The van der Waals surface area contributed by atoms with Crippen LogP contribution in [0.5, 0.6) is 0 Å². The van der Waals surface area contributed by atoms with Crippen LogP contribution in [0.3, 0.4) is 0 Å². The largest absolute Gasteiger partial charge is 0.372 e. The molecule has 0 aliphatic heterocycles. The van der Waals surface area contributed by atoms with Gasteiger partial charge < -0.3 is 16.2 Å². The van der Waals surface area contributed by atoms with Gasteiger partial charge in [0.25, 0.3) is 5.91 Å². The van der Waals surface area contributed by atoms with E-state index in [0.717, 1.165) is 0 Å². The Kier molecular flexibility index (Phi) is 3.96. The smallest absolute Gasteiger partial charge is 0.251 e. The van der Waals surface area contributed by atoms with Gasteiger partial charge in [0.2, 0.25) is 0 Å². The topological polar surface area (TPSA) is 104 Å². The maximum atomic E-state index is 10.7. The van der Waals surface area contributed by atoms with E-state index in [2.05, 4.69) is 9.97 Å². The van der Waals surface area contributed by atoms with Crippen LogP contribution in [0.15, 0.2) is 12.4 Å². The molecule has 0 fully saturated rings. The number of carbonyl (C=O) groups is 1. The molecule has 0 unspecified atom stereocenters. The Morgan fingerprint density at radius 3 is 2.57 bits per heavy atom. The molecule has 0 aliphatic rings. The Morgan fingerprint density at radius 2 is 2.07 bits per heavy atom. The number of primary amides is 1. The highest BCUT2D eigenvalue weighted by Gasteiger charge is 2.01. The number of hydrogen-bond acceptors (Lipinski definition) is 5. The Bertz CT molecular complexity index is 299. The lowest BCUT2D eigenvalue weighted by atomic mass is 10.3. The van der Waals surface area contributed by atoms with Crippen LogP contribution in [0.4, 0.5) is 0 Å². The fraction of sp³-hybridized carbons (Fsp3) is 0.375. The van der Waals surface area contributed by atoms with Gasteiger partial charge in [0.05, 0.1) is 12.2 Å². The van der Waals surface area contributed by atoms with Crippen LogP contribution in [0, 0.1) is 0 Å². The van der Waals surface area contributed by atoms with Crippen molar-refractivity contribution < 1.29 is 9.53 Å². The average molecular weight is 196 g/mol. The maximum Gasteiger partial charge on any atom is 0.251 e. The van der Waals surface area contributed by atoms with E-state index in [1.165, 1.54) is 12.4 Å². The van der Waals surface area contributed by atoms with Gasteiger partial charge in [-0.1, -0.05) is 0 Å². The van der Waals surface area contributed by atoms with Crippen LogP contribution in [0.2, 0.25) is 0 Å². The van der Waals surface area contributed by atoms with E-state index in [4.69, 9.17) is 16.2 Å². The monoisotopic (exact) mass is 196 g/mol. The maximum absolute atomic E-state index is 10.7. The van der Waals surface area contributed by atoms with Crippen molar-refractivity contribution in [2.45, 2.75) is 6.61 Å². The van der Waals surface area contributed by atoms with E-state index in [-0.39, 0.29) is 12.2 Å². The molecule has 76 valence electrons. The molecule has 0 atom stereocenters. The first-order valence-corrected chi connectivity index (χ1v) is 4.12. The summed E-state index contributed by atoms with van der Waals surface area (Å²) in [5, 5.41) is 0. The molecule has 0 saturated carbocycles. The third kappa shape index (κ3) is 3.08. The van der Waals surface area contributed by atoms with Crippen LogP contribution < -0.4 is 11.5 Å². The van der Waals surface area contributed by atoms with Crippen molar-refractivity contribution in [2.75, 3.05) is 13.2 Å². The second-order valence-corrected chi connectivity index (χ2v) is 2.59. The molecular formula is C8H12N4O2. The van der Waals surface area contributed by atoms with E-state index in [9.17, 15) is 4.79 Å². The van der Waals surface area contributed by atoms with Crippen molar-refractivity contribution in [3.8, 4) is 0 Å². The van der Waals surface area contributed by atoms with Gasteiger partial charge >= 0.3 is 0 Å². The van der Waals surface area contributed by atoms with Crippen LogP contribution in [-0.2, 0) is 11.3 Å². The summed E-state index contributed by atoms with van der Waals surface area (Å²) in [5.41, 5.74) is 10.5. The van der Waals surface area contributed by atoms with Crippen molar-refractivity contribution in [3.63, 3.8) is 0 Å². The van der Waals surface area contributed by atoms with Crippen LogP contribution in [0.25, 0.3) is 0 Å². The minimum atomic E-state index is -0.542. The second-order valence-electron chi connectivity index (χ2n) is 2.59. The van der Waals surface area contributed by atoms with E-state index in [1.807, 2.05) is 0 Å². The van der Waals surface area contributed by atoms with Gasteiger partial charge in [-0.05, 0) is 0 Å². The zero-order valence-electron chi connectivity index (χ0n) is 7.64. The zero-order chi connectivity index (χ0) is 10.4. The summed E-state index contributed by atoms with van der Waals surface area (Å²) in [4.78, 5) is 18.5. The Morgan fingerprint density at radius 1 is 1.43 bits per heavy atom. The lowest BCUT2D eigenvalue weighted by Crippen LogP contribution is -2.13. The summed E-state index contributed by atoms with van der Waals surface area (Å²) in [6, 6.07) is 0. The normalized spacial score (nSPS) is 10.1. The first-order chi connectivity index (χ1) is 6.74. The third-order valence-corrected chi connectivity index (χ3v) is 1.48. The standard InChI is InChI=1S/C8H12N4O2/c9-1-2-14-5-7-11-3-6(4-12-7)8(10)13/h3-4H,1-2,5,9H2,(H2,10,13). The minimum Gasteiger partial charge on any atom is -0.372 e. The molecule has 1 rings (SSSR count). The number of amides is 1. The Hall–Kier alpha value is -1.53. The van der Waals surface area contributed by atoms with Crippen molar-refractivity contribution in [1.82, 2.24) is 9.97 Å². The van der Waals surface area contributed by atoms with E-state index in [0.29, 0.717) is 19.0 Å². The van der Waals surface area contributed by atoms with Gasteiger partial charge in [0, 0.05) is 18.9 Å². The Labute approximate surface area is 81.3 Å². The van der Waals surface area contributed by atoms with E-state index < -0.39 is 5.91 Å². The van der Waals surface area contributed by atoms with Crippen molar-refractivity contribution in [2.24, 2.45) is 11.5 Å². The number of nitrogens with two attached hydrogens (primary N) is 2. The lowest BCUT2D eigenvalue weighted by molar-refractivity contribution is 0.0998. The van der Waals surface area contributed by atoms with Gasteiger partial charge in [0.15, 0.2) is 5.82 Å². The average Bonchev–Trinajstić information content (AvgIpc) is 2.19. The summed E-state index contributed by atoms with van der Waals surface area (Å²) in [6.07, 6.45) is 2.74. The molecule has 1 aromatic heterocycles. The number of rotatable bonds is 5. The lowest BCUT2D eigenvalue weighted by Gasteiger charge is -2.01. The van der Waals surface area contributed by atoms with E-state index in [1.54, 1.807) is 0 Å². The molecule has 1 aromatic rings. The molecule has 0 bridgehead atoms. The van der Waals surface area contributed by atoms with Gasteiger partial charge in [-0.15, -0.1) is 0 Å². The molecular weight excluding hydrogens is 184 g/mol. The van der Waals surface area contributed by atoms with Crippen molar-refractivity contribution in [3.05, 3.63) is 23.8 Å². The predicted octanol–water partition coefficient (Wildman–Crippen LogP) is -0.949. The minimum absolute atomic E-state index is 0.285. The molecule has 1 amide bonds. The summed E-state index contributed by atoms with van der Waals surface area (Å²) in [7, 11) is 0. The number of aromatic nitrogens is 2. The van der Waals surface area contributed by atoms with Crippen molar-refractivity contribution in [1.29, 1.82) is 0 Å². The molecule has 0 aliphatic carbocycles. The van der Waals surface area contributed by atoms with Gasteiger partial charge in [-0.25, -0.2) is 9.97 Å². The number of nitrogens with zero attached hydrogens (tertiary/aromatic N) is 2. The van der Waals surface area contributed by atoms with Crippen LogP contribution in [0.1, 0.15) is 16.2 Å². The molecule has 6 nitrogen and oxygen atoms in total. The van der Waals surface area contributed by atoms with Crippen LogP contribution in [-0.4, -0.2) is 29.0 Å². The molecule has 0 aromatic carbocycles. The molecule has 6 heteroatoms. The fourth-order valence-corrected chi connectivity index (χ4v) is 0.803. The van der Waals surface area contributed by atoms with Gasteiger partial charge in [0.1, 0.15) is 6.61 Å². The molecule has 1 heterocycles. The number of ether oxygens (including phenoxy) is 1. The zero-order valence-corrected chi connectivity index (χ0v) is 7.64. The Balaban J connectivity index is 2.51. The highest BCUT2D eigenvalue weighted by molar-refractivity contribution is 5.91. The highest BCUT2D eigenvalue weighted by Crippen LogP contribution is 1.96. The third-order valence-electron chi connectivity index (χ3n) is 1.48. The molecule has 0 saturated heterocycles.